The Hall–Kier alpha value is -1.07. The molecular weight excluding hydrogens is 412 g/mol. The van der Waals surface area contributed by atoms with Crippen LogP contribution >= 0.6 is 27.5 Å². The van der Waals surface area contributed by atoms with E-state index in [1.807, 2.05) is 30.3 Å². The standard InChI is InChI=1S/C21H26BrClN2O/c1-24-10-12-25(13-11-24)9-3-5-18-15-19(22)7-8-21(18)26-16-17-4-2-6-20(23)14-17/h2,4,6-8,14-15H,3,5,9-13,16H2,1H3. The monoisotopic (exact) mass is 436 g/mol. The van der Waals surface area contributed by atoms with E-state index in [0.717, 1.165) is 40.2 Å². The van der Waals surface area contributed by atoms with Crippen molar-refractivity contribution in [2.45, 2.75) is 19.4 Å². The molecule has 2 aromatic rings. The summed E-state index contributed by atoms with van der Waals surface area (Å²) in [7, 11) is 2.20. The van der Waals surface area contributed by atoms with Gasteiger partial charge >= 0.3 is 0 Å². The van der Waals surface area contributed by atoms with E-state index in [1.54, 1.807) is 0 Å². The van der Waals surface area contributed by atoms with Gasteiger partial charge in [-0.15, -0.1) is 0 Å². The van der Waals surface area contributed by atoms with Crippen molar-refractivity contribution < 1.29 is 4.74 Å². The van der Waals surface area contributed by atoms with Crippen LogP contribution in [0.3, 0.4) is 0 Å². The first kappa shape index (κ1) is 19.7. The highest BCUT2D eigenvalue weighted by molar-refractivity contribution is 9.10. The molecule has 1 aliphatic heterocycles. The molecule has 1 aliphatic rings. The van der Waals surface area contributed by atoms with Crippen LogP contribution in [0.4, 0.5) is 0 Å². The second kappa shape index (κ2) is 9.75. The van der Waals surface area contributed by atoms with Crippen molar-refractivity contribution in [2.75, 3.05) is 39.8 Å². The van der Waals surface area contributed by atoms with E-state index in [0.29, 0.717) is 6.61 Å². The van der Waals surface area contributed by atoms with Crippen LogP contribution in [0.1, 0.15) is 17.5 Å². The minimum atomic E-state index is 0.535. The summed E-state index contributed by atoms with van der Waals surface area (Å²) in [6, 6.07) is 14.1. The molecule has 3 rings (SSSR count). The van der Waals surface area contributed by atoms with Gasteiger partial charge in [-0.05, 0) is 67.9 Å². The maximum atomic E-state index is 6.09. The SMILES string of the molecule is CN1CCN(CCCc2cc(Br)ccc2OCc2cccc(Cl)c2)CC1. The Bertz CT molecular complexity index is 717. The van der Waals surface area contributed by atoms with Gasteiger partial charge in [0.25, 0.3) is 0 Å². The number of piperazine rings is 1. The Morgan fingerprint density at radius 1 is 1.08 bits per heavy atom. The molecule has 0 unspecified atom stereocenters. The largest absolute Gasteiger partial charge is 0.489 e. The number of hydrogen-bond donors (Lipinski definition) is 0. The van der Waals surface area contributed by atoms with Gasteiger partial charge in [0.15, 0.2) is 0 Å². The first-order valence-electron chi connectivity index (χ1n) is 9.17. The topological polar surface area (TPSA) is 15.7 Å². The molecular formula is C21H26BrClN2O. The van der Waals surface area contributed by atoms with Gasteiger partial charge in [0.2, 0.25) is 0 Å². The smallest absolute Gasteiger partial charge is 0.123 e. The highest BCUT2D eigenvalue weighted by Crippen LogP contribution is 2.26. The molecule has 1 heterocycles. The summed E-state index contributed by atoms with van der Waals surface area (Å²) in [6.45, 7) is 6.37. The maximum absolute atomic E-state index is 6.09. The Kier molecular flexibility index (Phi) is 7.38. The van der Waals surface area contributed by atoms with Gasteiger partial charge in [-0.1, -0.05) is 39.7 Å². The average molecular weight is 438 g/mol. The Labute approximate surface area is 170 Å². The van der Waals surface area contributed by atoms with E-state index in [4.69, 9.17) is 16.3 Å². The van der Waals surface area contributed by atoms with E-state index >= 15 is 0 Å². The molecule has 1 saturated heterocycles. The fraction of sp³-hybridized carbons (Fsp3) is 0.429. The third kappa shape index (κ3) is 5.98. The zero-order valence-corrected chi connectivity index (χ0v) is 17.6. The first-order chi connectivity index (χ1) is 12.6. The highest BCUT2D eigenvalue weighted by Gasteiger charge is 2.13. The summed E-state index contributed by atoms with van der Waals surface area (Å²) < 4.78 is 7.19. The average Bonchev–Trinajstić information content (AvgIpc) is 2.63. The Morgan fingerprint density at radius 2 is 1.88 bits per heavy atom. The lowest BCUT2D eigenvalue weighted by Crippen LogP contribution is -2.44. The minimum absolute atomic E-state index is 0.535. The number of benzene rings is 2. The summed E-state index contributed by atoms with van der Waals surface area (Å²) in [4.78, 5) is 4.96. The van der Waals surface area contributed by atoms with Gasteiger partial charge in [-0.25, -0.2) is 0 Å². The van der Waals surface area contributed by atoms with Gasteiger partial charge in [0.05, 0.1) is 0 Å². The number of ether oxygens (including phenoxy) is 1. The van der Waals surface area contributed by atoms with E-state index < -0.39 is 0 Å². The molecule has 0 aromatic heterocycles. The lowest BCUT2D eigenvalue weighted by atomic mass is 10.1. The fourth-order valence-electron chi connectivity index (χ4n) is 3.24. The van der Waals surface area contributed by atoms with Crippen molar-refractivity contribution in [3.63, 3.8) is 0 Å². The normalized spacial score (nSPS) is 16.0. The molecule has 3 nitrogen and oxygen atoms in total. The predicted molar refractivity (Wildman–Crippen MR) is 112 cm³/mol. The van der Waals surface area contributed by atoms with Gasteiger partial charge in [0.1, 0.15) is 12.4 Å². The molecule has 26 heavy (non-hydrogen) atoms. The molecule has 0 aliphatic carbocycles. The summed E-state index contributed by atoms with van der Waals surface area (Å²) in [6.07, 6.45) is 2.17. The van der Waals surface area contributed by atoms with Crippen LogP contribution in [-0.2, 0) is 13.0 Å². The number of hydrogen-bond acceptors (Lipinski definition) is 3. The Balaban J connectivity index is 1.55. The number of likely N-dealkylation sites (N-methyl/N-ethyl adjacent to an activating group) is 1. The third-order valence-electron chi connectivity index (χ3n) is 4.82. The molecule has 0 atom stereocenters. The maximum Gasteiger partial charge on any atom is 0.123 e. The van der Waals surface area contributed by atoms with E-state index in [1.165, 1.54) is 31.7 Å². The van der Waals surface area contributed by atoms with Crippen molar-refractivity contribution in [1.29, 1.82) is 0 Å². The van der Waals surface area contributed by atoms with E-state index in [-0.39, 0.29) is 0 Å². The van der Waals surface area contributed by atoms with Crippen molar-refractivity contribution in [3.05, 3.63) is 63.1 Å². The highest BCUT2D eigenvalue weighted by atomic mass is 79.9. The third-order valence-corrected chi connectivity index (χ3v) is 5.55. The quantitative estimate of drug-likeness (QED) is 0.615. The fourth-order valence-corrected chi connectivity index (χ4v) is 3.86. The van der Waals surface area contributed by atoms with Gasteiger partial charge in [0, 0.05) is 35.7 Å². The summed E-state index contributed by atoms with van der Waals surface area (Å²) in [5.41, 5.74) is 2.35. The molecule has 0 radical (unpaired) electrons. The molecule has 5 heteroatoms. The van der Waals surface area contributed by atoms with Crippen LogP contribution in [0.5, 0.6) is 5.75 Å². The summed E-state index contributed by atoms with van der Waals surface area (Å²) in [5.74, 6) is 0.964. The predicted octanol–water partition coefficient (Wildman–Crippen LogP) is 4.86. The second-order valence-electron chi connectivity index (χ2n) is 6.92. The molecule has 0 spiro atoms. The number of nitrogens with zero attached hydrogens (tertiary/aromatic N) is 2. The zero-order valence-electron chi connectivity index (χ0n) is 15.3. The molecule has 0 N–H and O–H groups in total. The van der Waals surface area contributed by atoms with Gasteiger partial charge in [-0.3, -0.25) is 0 Å². The molecule has 140 valence electrons. The lowest BCUT2D eigenvalue weighted by Gasteiger charge is -2.32. The molecule has 1 fully saturated rings. The van der Waals surface area contributed by atoms with E-state index in [9.17, 15) is 0 Å². The van der Waals surface area contributed by atoms with Crippen LogP contribution in [0.2, 0.25) is 5.02 Å². The van der Waals surface area contributed by atoms with Crippen molar-refractivity contribution in [1.82, 2.24) is 9.80 Å². The van der Waals surface area contributed by atoms with Crippen LogP contribution < -0.4 is 4.74 Å². The van der Waals surface area contributed by atoms with Gasteiger partial charge < -0.3 is 14.5 Å². The summed E-state index contributed by atoms with van der Waals surface area (Å²) >= 11 is 9.65. The number of rotatable bonds is 7. The summed E-state index contributed by atoms with van der Waals surface area (Å²) in [5, 5.41) is 0.745. The molecule has 0 bridgehead atoms. The first-order valence-corrected chi connectivity index (χ1v) is 10.3. The van der Waals surface area contributed by atoms with E-state index in [2.05, 4.69) is 44.9 Å². The van der Waals surface area contributed by atoms with Crippen molar-refractivity contribution >= 4 is 27.5 Å². The van der Waals surface area contributed by atoms with Crippen molar-refractivity contribution in [2.24, 2.45) is 0 Å². The zero-order chi connectivity index (χ0) is 18.4. The number of aryl methyl sites for hydroxylation is 1. The van der Waals surface area contributed by atoms with Crippen LogP contribution in [0.25, 0.3) is 0 Å². The number of halogens is 2. The van der Waals surface area contributed by atoms with Crippen LogP contribution in [-0.4, -0.2) is 49.6 Å². The molecule has 2 aromatic carbocycles. The van der Waals surface area contributed by atoms with Crippen molar-refractivity contribution in [3.8, 4) is 5.75 Å². The minimum Gasteiger partial charge on any atom is -0.489 e. The molecule has 0 amide bonds. The van der Waals surface area contributed by atoms with Gasteiger partial charge in [-0.2, -0.15) is 0 Å². The molecule has 0 saturated carbocycles. The van der Waals surface area contributed by atoms with Crippen LogP contribution in [0, 0.1) is 0 Å². The lowest BCUT2D eigenvalue weighted by molar-refractivity contribution is 0.153. The Morgan fingerprint density at radius 3 is 2.65 bits per heavy atom. The van der Waals surface area contributed by atoms with Crippen LogP contribution in [0.15, 0.2) is 46.9 Å². The second-order valence-corrected chi connectivity index (χ2v) is 8.27.